The molecule has 1 fully saturated rings. The van der Waals surface area contributed by atoms with Gasteiger partial charge in [0.25, 0.3) is 5.91 Å². The van der Waals surface area contributed by atoms with Crippen molar-refractivity contribution in [2.24, 2.45) is 5.92 Å². The Kier molecular flexibility index (Phi) is 6.40. The summed E-state index contributed by atoms with van der Waals surface area (Å²) in [7, 11) is 0. The van der Waals surface area contributed by atoms with E-state index in [2.05, 4.69) is 10.6 Å². The normalized spacial score (nSPS) is 15.2. The van der Waals surface area contributed by atoms with Crippen LogP contribution in [0.15, 0.2) is 83.3 Å². The van der Waals surface area contributed by atoms with Gasteiger partial charge in [-0.2, -0.15) is 0 Å². The predicted molar refractivity (Wildman–Crippen MR) is 137 cm³/mol. The summed E-state index contributed by atoms with van der Waals surface area (Å²) in [5.74, 6) is -1.07. The fraction of sp³-hybridized carbons (Fsp3) is 0.179. The lowest BCUT2D eigenvalue weighted by atomic mass is 10.1. The Labute approximate surface area is 207 Å². The number of ether oxygens (including phenoxy) is 1. The minimum atomic E-state index is -0.569. The van der Waals surface area contributed by atoms with E-state index in [1.54, 1.807) is 47.4 Å². The highest BCUT2D eigenvalue weighted by atomic mass is 16.5. The van der Waals surface area contributed by atoms with E-state index in [4.69, 9.17) is 9.15 Å². The van der Waals surface area contributed by atoms with Crippen molar-refractivity contribution in [1.29, 1.82) is 0 Å². The van der Waals surface area contributed by atoms with Crippen molar-refractivity contribution in [2.45, 2.75) is 13.3 Å². The predicted octanol–water partition coefficient (Wildman–Crippen LogP) is 5.08. The van der Waals surface area contributed by atoms with Gasteiger partial charge in [-0.05, 0) is 43.3 Å². The van der Waals surface area contributed by atoms with Crippen LogP contribution in [0, 0.1) is 5.92 Å². The highest BCUT2D eigenvalue weighted by Crippen LogP contribution is 2.34. The Hall–Kier alpha value is -4.59. The van der Waals surface area contributed by atoms with E-state index in [1.807, 2.05) is 43.3 Å². The van der Waals surface area contributed by atoms with Crippen LogP contribution in [-0.4, -0.2) is 30.9 Å². The van der Waals surface area contributed by atoms with Crippen LogP contribution in [0.1, 0.15) is 23.9 Å². The lowest BCUT2D eigenvalue weighted by Crippen LogP contribution is -2.28. The second-order valence-electron chi connectivity index (χ2n) is 8.42. The Bertz CT molecular complexity index is 1430. The first kappa shape index (κ1) is 23.2. The van der Waals surface area contributed by atoms with E-state index in [0.29, 0.717) is 29.0 Å². The fourth-order valence-electron chi connectivity index (χ4n) is 4.33. The number of benzene rings is 3. The number of carbonyl (C=O) groups excluding carboxylic acids is 3. The van der Waals surface area contributed by atoms with E-state index in [9.17, 15) is 14.4 Å². The van der Waals surface area contributed by atoms with E-state index in [0.717, 1.165) is 5.69 Å². The first-order valence-electron chi connectivity index (χ1n) is 11.8. The second kappa shape index (κ2) is 9.95. The lowest BCUT2D eigenvalue weighted by Gasteiger charge is -2.16. The summed E-state index contributed by atoms with van der Waals surface area (Å²) in [6.45, 7) is 2.56. The van der Waals surface area contributed by atoms with E-state index < -0.39 is 11.8 Å². The summed E-state index contributed by atoms with van der Waals surface area (Å²) in [5, 5.41) is 6.29. The van der Waals surface area contributed by atoms with Crippen molar-refractivity contribution in [2.75, 3.05) is 28.7 Å². The quantitative estimate of drug-likeness (QED) is 0.382. The molecule has 1 aromatic heterocycles. The van der Waals surface area contributed by atoms with Crippen molar-refractivity contribution in [3.8, 4) is 5.75 Å². The number of amides is 3. The molecule has 1 aliphatic rings. The highest BCUT2D eigenvalue weighted by Gasteiger charge is 2.36. The van der Waals surface area contributed by atoms with Crippen LogP contribution in [-0.2, 0) is 9.59 Å². The van der Waals surface area contributed by atoms with Crippen LogP contribution in [0.4, 0.5) is 17.1 Å². The molecule has 3 amide bonds. The van der Waals surface area contributed by atoms with Crippen molar-refractivity contribution in [3.05, 3.63) is 84.6 Å². The molecule has 2 heterocycles. The zero-order valence-electron chi connectivity index (χ0n) is 19.7. The standard InChI is InChI=1S/C28H25N3O5/c1-2-35-23-15-9-7-13-21(23)29-28(34)26-25(20-12-6-8-14-22(20)36-26)30-27(33)18-16-24(32)31(17-18)19-10-4-3-5-11-19/h3-15,18H,2,16-17H2,1H3,(H,29,34)(H,30,33)/t18-/m0/s1. The van der Waals surface area contributed by atoms with Crippen molar-refractivity contribution in [3.63, 3.8) is 0 Å². The molecule has 4 aromatic rings. The molecular weight excluding hydrogens is 458 g/mol. The molecule has 0 saturated carbocycles. The summed E-state index contributed by atoms with van der Waals surface area (Å²) in [6.07, 6.45) is 0.0831. The molecule has 2 N–H and O–H groups in total. The average molecular weight is 484 g/mol. The number of carbonyl (C=O) groups is 3. The third kappa shape index (κ3) is 4.53. The topological polar surface area (TPSA) is 101 Å². The zero-order valence-corrected chi connectivity index (χ0v) is 19.7. The summed E-state index contributed by atoms with van der Waals surface area (Å²) in [4.78, 5) is 40.8. The molecule has 1 saturated heterocycles. The molecule has 0 radical (unpaired) electrons. The van der Waals surface area contributed by atoms with E-state index in [1.165, 1.54) is 0 Å². The molecule has 0 bridgehead atoms. The molecular formula is C28H25N3O5. The molecule has 1 aliphatic heterocycles. The van der Waals surface area contributed by atoms with Gasteiger partial charge in [-0.25, -0.2) is 0 Å². The number of hydrogen-bond donors (Lipinski definition) is 2. The van der Waals surface area contributed by atoms with Gasteiger partial charge in [-0.3, -0.25) is 14.4 Å². The Morgan fingerprint density at radius 2 is 1.69 bits per heavy atom. The van der Waals surface area contributed by atoms with Crippen LogP contribution in [0.2, 0.25) is 0 Å². The van der Waals surface area contributed by atoms with Crippen LogP contribution >= 0.6 is 0 Å². The maximum absolute atomic E-state index is 13.3. The first-order valence-corrected chi connectivity index (χ1v) is 11.8. The molecule has 182 valence electrons. The lowest BCUT2D eigenvalue weighted by molar-refractivity contribution is -0.122. The summed E-state index contributed by atoms with van der Waals surface area (Å²) in [5.41, 5.74) is 1.97. The molecule has 36 heavy (non-hydrogen) atoms. The van der Waals surface area contributed by atoms with Gasteiger partial charge in [-0.1, -0.05) is 42.5 Å². The SMILES string of the molecule is CCOc1ccccc1NC(=O)c1oc2ccccc2c1NC(=O)[C@H]1CC(=O)N(c2ccccc2)C1. The number of furan rings is 1. The van der Waals surface area contributed by atoms with Crippen LogP contribution in [0.5, 0.6) is 5.75 Å². The van der Waals surface area contributed by atoms with Crippen molar-refractivity contribution < 1.29 is 23.5 Å². The molecule has 8 nitrogen and oxygen atoms in total. The largest absolute Gasteiger partial charge is 0.492 e. The summed E-state index contributed by atoms with van der Waals surface area (Å²) >= 11 is 0. The number of para-hydroxylation sites is 4. The van der Waals surface area contributed by atoms with Crippen molar-refractivity contribution >= 4 is 45.8 Å². The number of fused-ring (bicyclic) bond motifs is 1. The molecule has 8 heteroatoms. The van der Waals surface area contributed by atoms with E-state index in [-0.39, 0.29) is 36.2 Å². The summed E-state index contributed by atoms with van der Waals surface area (Å²) in [6, 6.07) is 23.4. The number of anilines is 3. The second-order valence-corrected chi connectivity index (χ2v) is 8.42. The minimum Gasteiger partial charge on any atom is -0.492 e. The molecule has 0 spiro atoms. The van der Waals surface area contributed by atoms with Gasteiger partial charge >= 0.3 is 0 Å². The minimum absolute atomic E-state index is 0.0277. The third-order valence-electron chi connectivity index (χ3n) is 6.05. The zero-order chi connectivity index (χ0) is 25.1. The van der Waals surface area contributed by atoms with Crippen LogP contribution < -0.4 is 20.3 Å². The smallest absolute Gasteiger partial charge is 0.293 e. The molecule has 0 unspecified atom stereocenters. The summed E-state index contributed by atoms with van der Waals surface area (Å²) < 4.78 is 11.5. The van der Waals surface area contributed by atoms with Gasteiger partial charge in [0.15, 0.2) is 0 Å². The number of rotatable bonds is 7. The van der Waals surface area contributed by atoms with Gasteiger partial charge in [0.2, 0.25) is 17.6 Å². The maximum Gasteiger partial charge on any atom is 0.293 e. The fourth-order valence-corrected chi connectivity index (χ4v) is 4.33. The van der Waals surface area contributed by atoms with Crippen LogP contribution in [0.3, 0.4) is 0 Å². The monoisotopic (exact) mass is 483 g/mol. The molecule has 5 rings (SSSR count). The van der Waals surface area contributed by atoms with Crippen molar-refractivity contribution in [1.82, 2.24) is 0 Å². The van der Waals surface area contributed by atoms with Gasteiger partial charge in [-0.15, -0.1) is 0 Å². The number of nitrogens with zero attached hydrogens (tertiary/aromatic N) is 1. The molecule has 1 atom stereocenters. The number of nitrogens with one attached hydrogen (secondary N) is 2. The van der Waals surface area contributed by atoms with Gasteiger partial charge < -0.3 is 24.7 Å². The highest BCUT2D eigenvalue weighted by molar-refractivity contribution is 6.15. The molecule has 3 aromatic carbocycles. The maximum atomic E-state index is 13.3. The Balaban J connectivity index is 1.40. The first-order chi connectivity index (χ1) is 17.5. The average Bonchev–Trinajstić information content (AvgIpc) is 3.47. The van der Waals surface area contributed by atoms with Crippen LogP contribution in [0.25, 0.3) is 11.0 Å². The Morgan fingerprint density at radius 3 is 2.50 bits per heavy atom. The molecule has 0 aliphatic carbocycles. The third-order valence-corrected chi connectivity index (χ3v) is 6.05. The van der Waals surface area contributed by atoms with Gasteiger partial charge in [0, 0.05) is 24.0 Å². The van der Waals surface area contributed by atoms with E-state index >= 15 is 0 Å². The van der Waals surface area contributed by atoms with Gasteiger partial charge in [0.1, 0.15) is 17.0 Å². The number of hydrogen-bond acceptors (Lipinski definition) is 5. The van der Waals surface area contributed by atoms with Gasteiger partial charge in [0.05, 0.1) is 18.2 Å². The Morgan fingerprint density at radius 1 is 0.972 bits per heavy atom.